The molecule has 0 aliphatic rings. The van der Waals surface area contributed by atoms with Crippen molar-refractivity contribution >= 4 is 28.6 Å². The highest BCUT2D eigenvalue weighted by Gasteiger charge is 2.03. The largest absolute Gasteiger partial charge is 0.461 e. The first-order valence-electron chi connectivity index (χ1n) is 10.1. The number of carbonyl (C=O) groups is 1. The lowest BCUT2D eigenvalue weighted by molar-refractivity contribution is -0.145. The monoisotopic (exact) mass is 458 g/mol. The van der Waals surface area contributed by atoms with E-state index in [1.165, 1.54) is 68.6 Å². The summed E-state index contributed by atoms with van der Waals surface area (Å²) >= 11 is 2.46. The molecule has 0 atom stereocenters. The van der Waals surface area contributed by atoms with Crippen LogP contribution in [0.1, 0.15) is 89.0 Å². The second-order valence-corrected chi connectivity index (χ2v) is 7.91. The topological polar surface area (TPSA) is 26.3 Å². The Balaban J connectivity index is 1.80. The van der Waals surface area contributed by atoms with Crippen molar-refractivity contribution in [2.24, 2.45) is 0 Å². The first-order chi connectivity index (χ1) is 12.3. The molecule has 3 heteroatoms. The van der Waals surface area contributed by atoms with Crippen LogP contribution in [0, 0.1) is 0 Å². The maximum absolute atomic E-state index is 11.7. The van der Waals surface area contributed by atoms with Gasteiger partial charge in [0.15, 0.2) is 0 Å². The predicted molar refractivity (Wildman–Crippen MR) is 115 cm³/mol. The van der Waals surface area contributed by atoms with E-state index < -0.39 is 0 Å². The number of hydrogen-bond acceptors (Lipinski definition) is 2. The minimum Gasteiger partial charge on any atom is -0.461 e. The van der Waals surface area contributed by atoms with Gasteiger partial charge in [-0.2, -0.15) is 0 Å². The van der Waals surface area contributed by atoms with E-state index in [9.17, 15) is 4.79 Å². The molecule has 142 valence electrons. The minimum absolute atomic E-state index is 0.0635. The molecule has 0 spiro atoms. The van der Waals surface area contributed by atoms with Crippen LogP contribution >= 0.6 is 22.6 Å². The number of benzene rings is 1. The summed E-state index contributed by atoms with van der Waals surface area (Å²) in [6.07, 6.45) is 16.4. The van der Waals surface area contributed by atoms with Gasteiger partial charge in [-0.05, 0) is 22.8 Å². The molecule has 25 heavy (non-hydrogen) atoms. The molecular formula is C22H35IO2. The number of alkyl halides is 1. The molecule has 1 aromatic carbocycles. The Labute approximate surface area is 168 Å². The Morgan fingerprint density at radius 1 is 0.720 bits per heavy atom. The second kappa shape index (κ2) is 16.9. The third-order valence-electron chi connectivity index (χ3n) is 4.51. The fourth-order valence-electron chi connectivity index (χ4n) is 2.94. The van der Waals surface area contributed by atoms with Crippen LogP contribution in [0.25, 0.3) is 0 Å². The molecule has 0 aliphatic carbocycles. The fraction of sp³-hybridized carbons (Fsp3) is 0.682. The third-order valence-corrected chi connectivity index (χ3v) is 5.27. The summed E-state index contributed by atoms with van der Waals surface area (Å²) in [6, 6.07) is 9.87. The maximum Gasteiger partial charge on any atom is 0.306 e. The predicted octanol–water partition coefficient (Wildman–Crippen LogP) is 7.24. The van der Waals surface area contributed by atoms with Gasteiger partial charge in [-0.25, -0.2) is 0 Å². The zero-order valence-corrected chi connectivity index (χ0v) is 17.8. The lowest BCUT2D eigenvalue weighted by atomic mass is 10.0. The number of carbonyl (C=O) groups excluding carboxylic acids is 1. The van der Waals surface area contributed by atoms with Crippen molar-refractivity contribution in [3.63, 3.8) is 0 Å². The molecule has 1 aromatic rings. The van der Waals surface area contributed by atoms with Crippen molar-refractivity contribution in [2.75, 3.05) is 4.43 Å². The molecular weight excluding hydrogens is 423 g/mol. The molecule has 0 heterocycles. The van der Waals surface area contributed by atoms with Crippen molar-refractivity contribution in [1.29, 1.82) is 0 Å². The summed E-state index contributed by atoms with van der Waals surface area (Å²) in [5, 5.41) is 0. The van der Waals surface area contributed by atoms with Crippen LogP contribution in [0.5, 0.6) is 0 Å². The Hall–Kier alpha value is -0.580. The van der Waals surface area contributed by atoms with Gasteiger partial charge in [0.2, 0.25) is 0 Å². The molecule has 0 fully saturated rings. The molecule has 0 N–H and O–H groups in total. The lowest BCUT2D eigenvalue weighted by Gasteiger charge is -2.05. The van der Waals surface area contributed by atoms with Gasteiger partial charge in [0, 0.05) is 6.42 Å². The highest BCUT2D eigenvalue weighted by molar-refractivity contribution is 14.1. The number of ether oxygens (including phenoxy) is 1. The van der Waals surface area contributed by atoms with E-state index in [4.69, 9.17) is 4.74 Å². The summed E-state index contributed by atoms with van der Waals surface area (Å²) in [6.45, 7) is 0.401. The van der Waals surface area contributed by atoms with E-state index in [1.807, 2.05) is 30.3 Å². The normalized spacial score (nSPS) is 10.8. The summed E-state index contributed by atoms with van der Waals surface area (Å²) in [5.41, 5.74) is 1.06. The van der Waals surface area contributed by atoms with Crippen molar-refractivity contribution in [2.45, 2.75) is 90.1 Å². The van der Waals surface area contributed by atoms with E-state index in [-0.39, 0.29) is 5.97 Å². The van der Waals surface area contributed by atoms with E-state index >= 15 is 0 Å². The van der Waals surface area contributed by atoms with E-state index in [2.05, 4.69) is 22.6 Å². The van der Waals surface area contributed by atoms with E-state index in [1.54, 1.807) is 0 Å². The van der Waals surface area contributed by atoms with E-state index in [0.29, 0.717) is 13.0 Å². The highest BCUT2D eigenvalue weighted by Crippen LogP contribution is 2.13. The quantitative estimate of drug-likeness (QED) is 0.113. The highest BCUT2D eigenvalue weighted by atomic mass is 127. The zero-order valence-electron chi connectivity index (χ0n) is 15.7. The number of unbranched alkanes of at least 4 members (excludes halogenated alkanes) is 11. The van der Waals surface area contributed by atoms with E-state index in [0.717, 1.165) is 18.4 Å². The van der Waals surface area contributed by atoms with Crippen molar-refractivity contribution in [3.8, 4) is 0 Å². The standard InChI is InChI=1S/C22H35IO2/c23-19-15-10-8-6-4-2-1-3-5-7-9-14-18-22(24)25-20-21-16-12-11-13-17-21/h11-13,16-17H,1-10,14-15,18-20H2. The van der Waals surface area contributed by atoms with Crippen LogP contribution in [0.2, 0.25) is 0 Å². The Morgan fingerprint density at radius 3 is 1.72 bits per heavy atom. The van der Waals surface area contributed by atoms with Gasteiger partial charge in [0.05, 0.1) is 0 Å². The van der Waals surface area contributed by atoms with Gasteiger partial charge in [-0.1, -0.05) is 117 Å². The van der Waals surface area contributed by atoms with Gasteiger partial charge >= 0.3 is 5.97 Å². The third kappa shape index (κ3) is 14.3. The molecule has 0 saturated heterocycles. The van der Waals surface area contributed by atoms with Gasteiger partial charge in [0.25, 0.3) is 0 Å². The van der Waals surface area contributed by atoms with Crippen LogP contribution in [-0.4, -0.2) is 10.4 Å². The molecule has 0 saturated carbocycles. The molecule has 1 rings (SSSR count). The summed E-state index contributed by atoms with van der Waals surface area (Å²) in [4.78, 5) is 11.7. The number of halogens is 1. The van der Waals surface area contributed by atoms with Gasteiger partial charge in [-0.3, -0.25) is 4.79 Å². The Bertz CT molecular complexity index is 419. The first kappa shape index (κ1) is 22.5. The van der Waals surface area contributed by atoms with Gasteiger partial charge < -0.3 is 4.74 Å². The maximum atomic E-state index is 11.7. The summed E-state index contributed by atoms with van der Waals surface area (Å²) < 4.78 is 6.60. The molecule has 0 radical (unpaired) electrons. The lowest BCUT2D eigenvalue weighted by Crippen LogP contribution is -2.04. The van der Waals surface area contributed by atoms with Crippen LogP contribution < -0.4 is 0 Å². The van der Waals surface area contributed by atoms with Crippen LogP contribution in [0.15, 0.2) is 30.3 Å². The summed E-state index contributed by atoms with van der Waals surface area (Å²) in [7, 11) is 0. The van der Waals surface area contributed by atoms with Crippen LogP contribution in [0.4, 0.5) is 0 Å². The molecule has 0 amide bonds. The number of rotatable bonds is 16. The van der Waals surface area contributed by atoms with Crippen molar-refractivity contribution < 1.29 is 9.53 Å². The van der Waals surface area contributed by atoms with Crippen LogP contribution in [0.3, 0.4) is 0 Å². The fourth-order valence-corrected chi connectivity index (χ4v) is 3.48. The Kier molecular flexibility index (Phi) is 15.2. The summed E-state index contributed by atoms with van der Waals surface area (Å²) in [5.74, 6) is -0.0635. The van der Waals surface area contributed by atoms with Crippen molar-refractivity contribution in [3.05, 3.63) is 35.9 Å². The average Bonchev–Trinajstić information content (AvgIpc) is 2.64. The Morgan fingerprint density at radius 2 is 1.20 bits per heavy atom. The van der Waals surface area contributed by atoms with Crippen LogP contribution in [-0.2, 0) is 16.1 Å². The van der Waals surface area contributed by atoms with Gasteiger partial charge in [0.1, 0.15) is 6.61 Å². The molecule has 0 aliphatic heterocycles. The SMILES string of the molecule is O=C(CCCCCCCCCCCCCCI)OCc1ccccc1. The first-order valence-corrected chi connectivity index (χ1v) is 11.6. The second-order valence-electron chi connectivity index (χ2n) is 6.83. The number of esters is 1. The van der Waals surface area contributed by atoms with Crippen molar-refractivity contribution in [1.82, 2.24) is 0 Å². The number of hydrogen-bond donors (Lipinski definition) is 0. The zero-order chi connectivity index (χ0) is 18.0. The molecule has 0 unspecified atom stereocenters. The molecule has 0 aromatic heterocycles. The van der Waals surface area contributed by atoms with Gasteiger partial charge in [-0.15, -0.1) is 0 Å². The molecule has 0 bridgehead atoms. The smallest absolute Gasteiger partial charge is 0.306 e. The minimum atomic E-state index is -0.0635. The molecule has 2 nitrogen and oxygen atoms in total. The average molecular weight is 458 g/mol.